The van der Waals surface area contributed by atoms with Crippen LogP contribution in [0, 0.1) is 0 Å². The van der Waals surface area contributed by atoms with Gasteiger partial charge in [0.25, 0.3) is 0 Å². The number of nitrogens with zero attached hydrogens (tertiary/aromatic N) is 2. The van der Waals surface area contributed by atoms with Gasteiger partial charge in [-0.15, -0.1) is 10.2 Å². The van der Waals surface area contributed by atoms with Gasteiger partial charge in [-0.2, -0.15) is 0 Å². The van der Waals surface area contributed by atoms with Gasteiger partial charge in [-0.25, -0.2) is 9.59 Å². The molecule has 0 saturated carbocycles. The Bertz CT molecular complexity index is 994. The van der Waals surface area contributed by atoms with E-state index in [-0.39, 0.29) is 0 Å². The highest BCUT2D eigenvalue weighted by Crippen LogP contribution is 2.26. The third-order valence-corrected chi connectivity index (χ3v) is 4.04. The number of esters is 2. The van der Waals surface area contributed by atoms with Gasteiger partial charge in [0.1, 0.15) is 11.5 Å². The summed E-state index contributed by atoms with van der Waals surface area (Å²) in [6.45, 7) is 3.87. The number of carbonyl (C=O) groups excluding carboxylic acids is 2. The van der Waals surface area contributed by atoms with Crippen molar-refractivity contribution in [3.63, 3.8) is 0 Å². The average molecular weight is 418 g/mol. The van der Waals surface area contributed by atoms with Crippen molar-refractivity contribution in [2.24, 2.45) is 0 Å². The maximum absolute atomic E-state index is 11.6. The van der Waals surface area contributed by atoms with Crippen LogP contribution in [-0.4, -0.2) is 22.1 Å². The predicted octanol–water partition coefficient (Wildman–Crippen LogP) is 5.15. The van der Waals surface area contributed by atoms with Gasteiger partial charge in [0, 0.05) is 23.3 Å². The van der Waals surface area contributed by atoms with Gasteiger partial charge >= 0.3 is 11.9 Å². The van der Waals surface area contributed by atoms with Gasteiger partial charge in [-0.3, -0.25) is 0 Å². The summed E-state index contributed by atoms with van der Waals surface area (Å²) in [5.41, 5.74) is 1.38. The van der Waals surface area contributed by atoms with Gasteiger partial charge in [-0.1, -0.05) is 26.0 Å². The molecule has 7 heteroatoms. The second kappa shape index (κ2) is 10.7. The number of aromatic nitrogens is 2. The highest BCUT2D eigenvalue weighted by molar-refractivity contribution is 5.84. The van der Waals surface area contributed by atoms with Crippen LogP contribution in [0.1, 0.15) is 26.7 Å². The van der Waals surface area contributed by atoms with Gasteiger partial charge in [0.15, 0.2) is 0 Å². The van der Waals surface area contributed by atoms with E-state index in [4.69, 9.17) is 13.9 Å². The lowest BCUT2D eigenvalue weighted by molar-refractivity contribution is -0.129. The Morgan fingerprint density at radius 3 is 1.48 bits per heavy atom. The Hall–Kier alpha value is -4.00. The summed E-state index contributed by atoms with van der Waals surface area (Å²) in [5, 5.41) is 8.14. The molecule has 1 aromatic heterocycles. The minimum absolute atomic E-state index is 0.332. The molecule has 0 saturated heterocycles. The molecule has 2 aromatic carbocycles. The first-order chi connectivity index (χ1) is 15.1. The zero-order chi connectivity index (χ0) is 22.1. The van der Waals surface area contributed by atoms with E-state index in [1.54, 1.807) is 60.7 Å². The molecular formula is C24H22N2O5. The van der Waals surface area contributed by atoms with Crippen molar-refractivity contribution in [3.05, 3.63) is 72.8 Å². The molecule has 0 unspecified atom stereocenters. The van der Waals surface area contributed by atoms with Gasteiger partial charge in [0.2, 0.25) is 11.8 Å². The summed E-state index contributed by atoms with van der Waals surface area (Å²) in [6, 6.07) is 13.6. The van der Waals surface area contributed by atoms with Gasteiger partial charge in [-0.05, 0) is 61.4 Å². The number of carbonyl (C=O) groups is 2. The summed E-state index contributed by atoms with van der Waals surface area (Å²) in [4.78, 5) is 23.3. The predicted molar refractivity (Wildman–Crippen MR) is 115 cm³/mol. The molecule has 3 rings (SSSR count). The molecule has 0 spiro atoms. The molecule has 0 atom stereocenters. The molecule has 158 valence electrons. The summed E-state index contributed by atoms with van der Waals surface area (Å²) < 4.78 is 16.2. The van der Waals surface area contributed by atoms with E-state index in [2.05, 4.69) is 10.2 Å². The first-order valence-corrected chi connectivity index (χ1v) is 9.90. The summed E-state index contributed by atoms with van der Waals surface area (Å²) in [6.07, 6.45) is 7.78. The molecule has 3 aromatic rings. The Balaban J connectivity index is 1.66. The van der Waals surface area contributed by atoms with Crippen LogP contribution in [0.4, 0.5) is 0 Å². The Morgan fingerprint density at radius 1 is 0.742 bits per heavy atom. The van der Waals surface area contributed by atoms with Gasteiger partial charge in [0.05, 0.1) is 0 Å². The number of ether oxygens (including phenoxy) is 2. The van der Waals surface area contributed by atoms with E-state index in [9.17, 15) is 9.59 Å². The fourth-order valence-electron chi connectivity index (χ4n) is 2.52. The third-order valence-electron chi connectivity index (χ3n) is 4.04. The molecule has 0 radical (unpaired) electrons. The van der Waals surface area contributed by atoms with Crippen LogP contribution < -0.4 is 9.47 Å². The molecule has 0 aliphatic heterocycles. The van der Waals surface area contributed by atoms with Crippen LogP contribution in [0.3, 0.4) is 0 Å². The van der Waals surface area contributed by atoms with Crippen LogP contribution in [0.2, 0.25) is 0 Å². The average Bonchev–Trinajstić information content (AvgIpc) is 3.27. The van der Waals surface area contributed by atoms with E-state index in [1.165, 1.54) is 12.2 Å². The van der Waals surface area contributed by atoms with Crippen LogP contribution in [0.25, 0.3) is 22.9 Å². The van der Waals surface area contributed by atoms with E-state index < -0.39 is 11.9 Å². The lowest BCUT2D eigenvalue weighted by atomic mass is 10.2. The molecule has 31 heavy (non-hydrogen) atoms. The number of hydrogen-bond acceptors (Lipinski definition) is 7. The molecular weight excluding hydrogens is 396 g/mol. The van der Waals surface area contributed by atoms with Crippen molar-refractivity contribution in [3.8, 4) is 34.4 Å². The second-order valence-corrected chi connectivity index (χ2v) is 6.42. The highest BCUT2D eigenvalue weighted by atomic mass is 16.5. The third kappa shape index (κ3) is 6.24. The molecule has 0 bridgehead atoms. The first-order valence-electron chi connectivity index (χ1n) is 9.90. The molecule has 0 fully saturated rings. The number of benzene rings is 2. The zero-order valence-electron chi connectivity index (χ0n) is 17.3. The standard InChI is InChI=1S/C24H22N2O5/c1-3-5-7-21(27)29-19-13-9-17(10-14-19)23-25-26-24(31-23)18-11-15-20(16-12-18)30-22(28)8-6-4-2/h5-16H,3-4H2,1-2H3. The van der Waals surface area contributed by atoms with E-state index >= 15 is 0 Å². The lowest BCUT2D eigenvalue weighted by Gasteiger charge is -2.02. The second-order valence-electron chi connectivity index (χ2n) is 6.42. The maximum Gasteiger partial charge on any atom is 0.335 e. The normalized spacial score (nSPS) is 11.2. The summed E-state index contributed by atoms with van der Waals surface area (Å²) >= 11 is 0. The zero-order valence-corrected chi connectivity index (χ0v) is 17.3. The van der Waals surface area contributed by atoms with Gasteiger partial charge < -0.3 is 13.9 Å². The van der Waals surface area contributed by atoms with E-state index in [0.29, 0.717) is 34.4 Å². The fraction of sp³-hybridized carbons (Fsp3) is 0.167. The quantitative estimate of drug-likeness (QED) is 0.284. The number of allylic oxidation sites excluding steroid dienone is 2. The largest absolute Gasteiger partial charge is 0.423 e. The first kappa shape index (κ1) is 21.7. The Kier molecular flexibility index (Phi) is 7.48. The molecule has 0 aliphatic rings. The van der Waals surface area contributed by atoms with Crippen molar-refractivity contribution in [2.45, 2.75) is 26.7 Å². The topological polar surface area (TPSA) is 91.5 Å². The molecule has 0 amide bonds. The van der Waals surface area contributed by atoms with E-state index in [0.717, 1.165) is 12.8 Å². The number of rotatable bonds is 8. The minimum atomic E-state index is -0.426. The molecule has 0 N–H and O–H groups in total. The van der Waals surface area contributed by atoms with E-state index in [1.807, 2.05) is 13.8 Å². The van der Waals surface area contributed by atoms with Crippen LogP contribution in [-0.2, 0) is 9.59 Å². The SMILES string of the molecule is CCC=CC(=O)Oc1ccc(-c2nnc(-c3ccc(OC(=O)C=CCC)cc3)o2)cc1. The van der Waals surface area contributed by atoms with Crippen LogP contribution in [0.5, 0.6) is 11.5 Å². The smallest absolute Gasteiger partial charge is 0.335 e. The Morgan fingerprint density at radius 2 is 1.13 bits per heavy atom. The summed E-state index contributed by atoms with van der Waals surface area (Å²) in [5.74, 6) is 0.662. The minimum Gasteiger partial charge on any atom is -0.423 e. The maximum atomic E-state index is 11.6. The molecule has 7 nitrogen and oxygen atoms in total. The number of hydrogen-bond donors (Lipinski definition) is 0. The fourth-order valence-corrected chi connectivity index (χ4v) is 2.52. The van der Waals surface area contributed by atoms with Crippen molar-refractivity contribution >= 4 is 11.9 Å². The van der Waals surface area contributed by atoms with Crippen molar-refractivity contribution in [2.75, 3.05) is 0 Å². The molecule has 1 heterocycles. The highest BCUT2D eigenvalue weighted by Gasteiger charge is 2.12. The van der Waals surface area contributed by atoms with Crippen LogP contribution >= 0.6 is 0 Å². The lowest BCUT2D eigenvalue weighted by Crippen LogP contribution is -2.03. The molecule has 0 aliphatic carbocycles. The van der Waals surface area contributed by atoms with Crippen molar-refractivity contribution in [1.82, 2.24) is 10.2 Å². The van der Waals surface area contributed by atoms with Crippen molar-refractivity contribution < 1.29 is 23.5 Å². The Labute approximate surface area is 180 Å². The monoisotopic (exact) mass is 418 g/mol. The van der Waals surface area contributed by atoms with Crippen LogP contribution in [0.15, 0.2) is 77.3 Å². The van der Waals surface area contributed by atoms with Crippen molar-refractivity contribution in [1.29, 1.82) is 0 Å². The summed E-state index contributed by atoms with van der Waals surface area (Å²) in [7, 11) is 0.